The Morgan fingerprint density at radius 2 is 2.27 bits per heavy atom. The fraction of sp³-hybridized carbons (Fsp3) is 0.273. The van der Waals surface area contributed by atoms with Crippen LogP contribution < -0.4 is 4.90 Å². The van der Waals surface area contributed by atoms with E-state index in [1.807, 2.05) is 17.3 Å². The molecule has 2 aliphatic heterocycles. The predicted molar refractivity (Wildman–Crippen MR) is 61.4 cm³/mol. The monoisotopic (exact) mass is 220 g/mol. The summed E-state index contributed by atoms with van der Waals surface area (Å²) >= 11 is 1.78. The average molecular weight is 220 g/mol. The molecule has 0 aromatic heterocycles. The Hall–Kier alpha value is -1.13. The van der Waals surface area contributed by atoms with Crippen molar-refractivity contribution in [2.45, 2.75) is 17.3 Å². The molecule has 0 fully saturated rings. The second-order valence-corrected chi connectivity index (χ2v) is 4.87. The highest BCUT2D eigenvalue weighted by atomic mass is 32.2. The molecule has 0 amide bonds. The van der Waals surface area contributed by atoms with Gasteiger partial charge in [-0.3, -0.25) is 0 Å². The summed E-state index contributed by atoms with van der Waals surface area (Å²) in [5.74, 6) is 0. The van der Waals surface area contributed by atoms with Crippen molar-refractivity contribution in [2.24, 2.45) is 0 Å². The van der Waals surface area contributed by atoms with Crippen LogP contribution in [0, 0.1) is 6.92 Å². The molecule has 0 bridgehead atoms. The number of aliphatic hydroxyl groups excluding tert-OH is 1. The Balaban J connectivity index is 2.02. The van der Waals surface area contributed by atoms with E-state index >= 15 is 0 Å². The molecule has 1 atom stereocenters. The summed E-state index contributed by atoms with van der Waals surface area (Å²) in [5, 5.41) is 9.18. The summed E-state index contributed by atoms with van der Waals surface area (Å²) in [6.45, 7) is 2.17. The molecular formula is C11H12N2OS. The highest BCUT2D eigenvalue weighted by Crippen LogP contribution is 2.47. The molecule has 3 nitrogen and oxygen atoms in total. The Kier molecular flexibility index (Phi) is 1.94. The Morgan fingerprint density at radius 1 is 1.40 bits per heavy atom. The van der Waals surface area contributed by atoms with Gasteiger partial charge in [-0.25, -0.2) is 0 Å². The first-order valence-electron chi connectivity index (χ1n) is 4.90. The Bertz CT molecular complexity index is 433. The lowest BCUT2D eigenvalue weighted by molar-refractivity contribution is 0.152. The molecule has 3 rings (SSSR count). The minimum Gasteiger partial charge on any atom is -0.376 e. The van der Waals surface area contributed by atoms with E-state index in [0.29, 0.717) is 0 Å². The molecule has 1 N–H and O–H groups in total. The summed E-state index contributed by atoms with van der Waals surface area (Å²) < 4.78 is 0. The van der Waals surface area contributed by atoms with E-state index in [-0.39, 0.29) is 12.2 Å². The third kappa shape index (κ3) is 1.25. The number of thioether (sulfide) groups is 1. The van der Waals surface area contributed by atoms with Crippen molar-refractivity contribution in [1.82, 2.24) is 4.90 Å². The fourth-order valence-corrected chi connectivity index (χ4v) is 3.18. The summed E-state index contributed by atoms with van der Waals surface area (Å²) in [4.78, 5) is 5.40. The molecule has 0 radical (unpaired) electrons. The molecule has 0 spiro atoms. The van der Waals surface area contributed by atoms with E-state index in [9.17, 15) is 5.11 Å². The maximum absolute atomic E-state index is 9.18. The zero-order valence-corrected chi connectivity index (χ0v) is 9.24. The van der Waals surface area contributed by atoms with Crippen LogP contribution >= 0.6 is 11.8 Å². The first-order valence-corrected chi connectivity index (χ1v) is 5.78. The van der Waals surface area contributed by atoms with E-state index in [4.69, 9.17) is 0 Å². The van der Waals surface area contributed by atoms with E-state index in [1.165, 1.54) is 16.1 Å². The highest BCUT2D eigenvalue weighted by Gasteiger charge is 2.35. The first-order chi connectivity index (χ1) is 7.29. The van der Waals surface area contributed by atoms with Gasteiger partial charge >= 0.3 is 0 Å². The van der Waals surface area contributed by atoms with E-state index in [0.717, 1.165) is 0 Å². The van der Waals surface area contributed by atoms with Gasteiger partial charge in [0.2, 0.25) is 0 Å². The predicted octanol–water partition coefficient (Wildman–Crippen LogP) is 1.93. The molecule has 15 heavy (non-hydrogen) atoms. The van der Waals surface area contributed by atoms with Crippen LogP contribution in [0.3, 0.4) is 0 Å². The van der Waals surface area contributed by atoms with Crippen molar-refractivity contribution >= 4 is 17.4 Å². The van der Waals surface area contributed by atoms with Gasteiger partial charge in [0.25, 0.3) is 0 Å². The summed E-state index contributed by atoms with van der Waals surface area (Å²) in [7, 11) is 0. The van der Waals surface area contributed by atoms with Crippen molar-refractivity contribution in [3.8, 4) is 0 Å². The minimum absolute atomic E-state index is 0.0671. The minimum atomic E-state index is 0.0671. The highest BCUT2D eigenvalue weighted by molar-refractivity contribution is 8.00. The largest absolute Gasteiger partial charge is 0.376 e. The van der Waals surface area contributed by atoms with Crippen LogP contribution in [0.1, 0.15) is 5.56 Å². The third-order valence-corrected chi connectivity index (χ3v) is 4.04. The zero-order valence-electron chi connectivity index (χ0n) is 8.42. The van der Waals surface area contributed by atoms with E-state index in [2.05, 4.69) is 30.0 Å². The number of benzene rings is 1. The molecule has 1 unspecified atom stereocenters. The van der Waals surface area contributed by atoms with Crippen LogP contribution in [0.5, 0.6) is 0 Å². The van der Waals surface area contributed by atoms with Gasteiger partial charge in [0.15, 0.2) is 5.50 Å². The Labute approximate surface area is 93.0 Å². The SMILES string of the molecule is Cc1ccc2c(c1)N1C=CN(CO)C1S2. The maximum Gasteiger partial charge on any atom is 0.160 e. The van der Waals surface area contributed by atoms with E-state index in [1.54, 1.807) is 11.8 Å². The van der Waals surface area contributed by atoms with Crippen LogP contribution in [-0.2, 0) is 0 Å². The molecule has 1 aromatic rings. The lowest BCUT2D eigenvalue weighted by atomic mass is 10.2. The first kappa shape index (κ1) is 9.12. The smallest absolute Gasteiger partial charge is 0.160 e. The third-order valence-electron chi connectivity index (χ3n) is 2.73. The summed E-state index contributed by atoms with van der Waals surface area (Å²) in [6.07, 6.45) is 3.96. The molecule has 0 saturated carbocycles. The van der Waals surface area contributed by atoms with Crippen LogP contribution in [0.2, 0.25) is 0 Å². The standard InChI is InChI=1S/C11H12N2OS/c1-8-2-3-10-9(6-8)13-5-4-12(7-14)11(13)15-10/h2-6,11,14H,7H2,1H3. The fourth-order valence-electron chi connectivity index (χ4n) is 1.95. The number of fused-ring (bicyclic) bond motifs is 3. The molecule has 1 aromatic carbocycles. The maximum atomic E-state index is 9.18. The summed E-state index contributed by atoms with van der Waals surface area (Å²) in [5.41, 5.74) is 2.72. The molecule has 2 aliphatic rings. The number of rotatable bonds is 1. The zero-order chi connectivity index (χ0) is 10.4. The van der Waals surface area contributed by atoms with Gasteiger partial charge in [0.05, 0.1) is 5.69 Å². The van der Waals surface area contributed by atoms with Crippen LogP contribution in [0.25, 0.3) is 0 Å². The normalized spacial score (nSPS) is 22.1. The number of aryl methyl sites for hydroxylation is 1. The van der Waals surface area contributed by atoms with Gasteiger partial charge in [-0.05, 0) is 24.6 Å². The van der Waals surface area contributed by atoms with Crippen molar-refractivity contribution in [3.05, 3.63) is 36.2 Å². The van der Waals surface area contributed by atoms with Gasteiger partial charge in [-0.2, -0.15) is 0 Å². The molecule has 4 heteroatoms. The summed E-state index contributed by atoms with van der Waals surface area (Å²) in [6, 6.07) is 6.46. The average Bonchev–Trinajstić information content (AvgIpc) is 2.76. The van der Waals surface area contributed by atoms with Crippen LogP contribution in [-0.4, -0.2) is 22.2 Å². The number of aliphatic hydroxyl groups is 1. The topological polar surface area (TPSA) is 26.7 Å². The molecule has 0 aliphatic carbocycles. The lowest BCUT2D eigenvalue weighted by Gasteiger charge is -2.23. The van der Waals surface area contributed by atoms with Crippen molar-refractivity contribution < 1.29 is 5.11 Å². The lowest BCUT2D eigenvalue weighted by Crippen LogP contribution is -2.33. The van der Waals surface area contributed by atoms with Gasteiger partial charge in [0, 0.05) is 17.3 Å². The Morgan fingerprint density at radius 3 is 3.07 bits per heavy atom. The van der Waals surface area contributed by atoms with Gasteiger partial charge in [-0.1, -0.05) is 17.8 Å². The van der Waals surface area contributed by atoms with Crippen molar-refractivity contribution in [3.63, 3.8) is 0 Å². The number of anilines is 1. The molecule has 0 saturated heterocycles. The van der Waals surface area contributed by atoms with Crippen LogP contribution in [0.15, 0.2) is 35.5 Å². The van der Waals surface area contributed by atoms with Gasteiger partial charge < -0.3 is 14.9 Å². The number of hydrogen-bond donors (Lipinski definition) is 1. The second-order valence-electron chi connectivity index (χ2n) is 3.78. The quantitative estimate of drug-likeness (QED) is 0.782. The van der Waals surface area contributed by atoms with Crippen molar-refractivity contribution in [2.75, 3.05) is 11.6 Å². The van der Waals surface area contributed by atoms with Gasteiger partial charge in [0.1, 0.15) is 6.73 Å². The molecule has 78 valence electrons. The van der Waals surface area contributed by atoms with Crippen molar-refractivity contribution in [1.29, 1.82) is 0 Å². The van der Waals surface area contributed by atoms with Gasteiger partial charge in [-0.15, -0.1) is 0 Å². The van der Waals surface area contributed by atoms with Crippen LogP contribution in [0.4, 0.5) is 5.69 Å². The number of hydrogen-bond acceptors (Lipinski definition) is 4. The molecular weight excluding hydrogens is 208 g/mol. The number of nitrogens with zero attached hydrogens (tertiary/aromatic N) is 2. The second kappa shape index (κ2) is 3.18. The van der Waals surface area contributed by atoms with E-state index < -0.39 is 0 Å². The molecule has 2 heterocycles.